The van der Waals surface area contributed by atoms with Crippen molar-refractivity contribution >= 4 is 11.8 Å². The molecule has 0 fully saturated rings. The molecule has 2 rings (SSSR count). The van der Waals surface area contributed by atoms with Crippen LogP contribution in [0.2, 0.25) is 0 Å². The van der Waals surface area contributed by atoms with E-state index in [1.165, 1.54) is 17.8 Å². The number of nitrogens with zero attached hydrogens (tertiary/aromatic N) is 2. The SMILES string of the molecule is CSc1nc(-c2cc(C)on2)cc(=O)[nH]1. The number of aryl methyl sites for hydroxylation is 1. The third-order valence-electron chi connectivity index (χ3n) is 1.80. The largest absolute Gasteiger partial charge is 0.361 e. The van der Waals surface area contributed by atoms with Crippen molar-refractivity contribution in [3.63, 3.8) is 0 Å². The summed E-state index contributed by atoms with van der Waals surface area (Å²) in [5.41, 5.74) is 0.916. The van der Waals surface area contributed by atoms with Crippen molar-refractivity contribution in [2.75, 3.05) is 6.26 Å². The van der Waals surface area contributed by atoms with Gasteiger partial charge in [-0.05, 0) is 13.2 Å². The summed E-state index contributed by atoms with van der Waals surface area (Å²) in [7, 11) is 0. The van der Waals surface area contributed by atoms with E-state index in [0.717, 1.165) is 0 Å². The number of nitrogens with one attached hydrogen (secondary N) is 1. The third kappa shape index (κ3) is 2.10. The van der Waals surface area contributed by atoms with Gasteiger partial charge >= 0.3 is 0 Å². The van der Waals surface area contributed by atoms with Gasteiger partial charge in [-0.3, -0.25) is 4.79 Å². The van der Waals surface area contributed by atoms with Crippen LogP contribution in [-0.4, -0.2) is 21.4 Å². The van der Waals surface area contributed by atoms with E-state index in [9.17, 15) is 4.79 Å². The van der Waals surface area contributed by atoms with Gasteiger partial charge in [0.25, 0.3) is 5.56 Å². The van der Waals surface area contributed by atoms with E-state index in [2.05, 4.69) is 15.1 Å². The van der Waals surface area contributed by atoms with Crippen molar-refractivity contribution in [2.24, 2.45) is 0 Å². The number of aromatic nitrogens is 3. The van der Waals surface area contributed by atoms with Crippen LogP contribution in [0.3, 0.4) is 0 Å². The zero-order chi connectivity index (χ0) is 10.8. The quantitative estimate of drug-likeness (QED) is 0.616. The Hall–Kier alpha value is -1.56. The lowest BCUT2D eigenvalue weighted by Crippen LogP contribution is -2.07. The Kier molecular flexibility index (Phi) is 2.59. The fourth-order valence-electron chi connectivity index (χ4n) is 1.15. The summed E-state index contributed by atoms with van der Waals surface area (Å²) in [5.74, 6) is 0.692. The maximum absolute atomic E-state index is 11.3. The molecule has 0 amide bonds. The molecule has 0 aromatic carbocycles. The summed E-state index contributed by atoms with van der Waals surface area (Å²) in [6.45, 7) is 1.79. The molecule has 1 N–H and O–H groups in total. The van der Waals surface area contributed by atoms with Crippen LogP contribution in [0, 0.1) is 6.92 Å². The van der Waals surface area contributed by atoms with Crippen molar-refractivity contribution < 1.29 is 4.52 Å². The normalized spacial score (nSPS) is 10.5. The Balaban J connectivity index is 2.53. The van der Waals surface area contributed by atoms with Gasteiger partial charge in [-0.1, -0.05) is 16.9 Å². The second-order valence-corrected chi connectivity index (χ2v) is 3.76. The highest BCUT2D eigenvalue weighted by Crippen LogP contribution is 2.16. The number of thioether (sulfide) groups is 1. The van der Waals surface area contributed by atoms with Gasteiger partial charge in [-0.2, -0.15) is 0 Å². The summed E-state index contributed by atoms with van der Waals surface area (Å²) in [6.07, 6.45) is 1.84. The average Bonchev–Trinajstić information content (AvgIpc) is 2.64. The van der Waals surface area contributed by atoms with Crippen LogP contribution < -0.4 is 5.56 Å². The predicted molar refractivity (Wildman–Crippen MR) is 56.9 cm³/mol. The Morgan fingerprint density at radius 2 is 2.20 bits per heavy atom. The van der Waals surface area contributed by atoms with Gasteiger partial charge in [0.2, 0.25) is 0 Å². The maximum Gasteiger partial charge on any atom is 0.252 e. The Bertz CT molecular complexity index is 532. The summed E-state index contributed by atoms with van der Waals surface area (Å²) in [5, 5.41) is 4.37. The van der Waals surface area contributed by atoms with Gasteiger partial charge in [-0.25, -0.2) is 4.98 Å². The monoisotopic (exact) mass is 223 g/mol. The molecule has 0 aliphatic rings. The third-order valence-corrected chi connectivity index (χ3v) is 2.38. The molecule has 0 unspecified atom stereocenters. The molecule has 0 aliphatic heterocycles. The van der Waals surface area contributed by atoms with Gasteiger partial charge in [-0.15, -0.1) is 0 Å². The fourth-order valence-corrected chi connectivity index (χ4v) is 1.54. The minimum absolute atomic E-state index is 0.190. The molecule has 0 radical (unpaired) electrons. The van der Waals surface area contributed by atoms with Crippen LogP contribution in [0.1, 0.15) is 5.76 Å². The van der Waals surface area contributed by atoms with Crippen LogP contribution in [0.5, 0.6) is 0 Å². The zero-order valence-corrected chi connectivity index (χ0v) is 9.09. The van der Waals surface area contributed by atoms with Gasteiger partial charge in [0.1, 0.15) is 17.1 Å². The molecular formula is C9H9N3O2S. The lowest BCUT2D eigenvalue weighted by molar-refractivity contribution is 0.399. The number of hydrogen-bond donors (Lipinski definition) is 1. The van der Waals surface area contributed by atoms with Crippen molar-refractivity contribution in [3.05, 3.63) is 28.2 Å². The molecule has 2 heterocycles. The van der Waals surface area contributed by atoms with Crippen molar-refractivity contribution in [1.82, 2.24) is 15.1 Å². The lowest BCUT2D eigenvalue weighted by atomic mass is 10.3. The van der Waals surface area contributed by atoms with Crippen molar-refractivity contribution in [1.29, 1.82) is 0 Å². The molecule has 0 saturated heterocycles. The minimum Gasteiger partial charge on any atom is -0.361 e. The highest BCUT2D eigenvalue weighted by atomic mass is 32.2. The molecule has 0 aliphatic carbocycles. The van der Waals surface area contributed by atoms with E-state index in [1.807, 2.05) is 6.26 Å². The molecule has 0 atom stereocenters. The molecule has 0 bridgehead atoms. The van der Waals surface area contributed by atoms with Gasteiger partial charge < -0.3 is 9.51 Å². The molecule has 2 aromatic rings. The topological polar surface area (TPSA) is 71.8 Å². The van der Waals surface area contributed by atoms with E-state index in [4.69, 9.17) is 4.52 Å². The molecule has 5 nitrogen and oxygen atoms in total. The van der Waals surface area contributed by atoms with Gasteiger partial charge in [0.05, 0.1) is 0 Å². The van der Waals surface area contributed by atoms with E-state index in [1.54, 1.807) is 13.0 Å². The second-order valence-electron chi connectivity index (χ2n) is 2.96. The lowest BCUT2D eigenvalue weighted by Gasteiger charge is -1.97. The number of rotatable bonds is 2. The summed E-state index contributed by atoms with van der Waals surface area (Å²) < 4.78 is 4.92. The first kappa shape index (κ1) is 9.97. The second kappa shape index (κ2) is 3.90. The highest BCUT2D eigenvalue weighted by Gasteiger charge is 2.07. The smallest absolute Gasteiger partial charge is 0.252 e. The van der Waals surface area contributed by atoms with E-state index < -0.39 is 0 Å². The molecular weight excluding hydrogens is 214 g/mol. The summed E-state index contributed by atoms with van der Waals surface area (Å²) >= 11 is 1.37. The predicted octanol–water partition coefficient (Wildman–Crippen LogP) is 1.46. The molecule has 78 valence electrons. The van der Waals surface area contributed by atoms with Crippen LogP contribution in [0.25, 0.3) is 11.4 Å². The number of hydrogen-bond acceptors (Lipinski definition) is 5. The van der Waals surface area contributed by atoms with Crippen LogP contribution in [-0.2, 0) is 0 Å². The minimum atomic E-state index is -0.190. The molecule has 0 saturated carbocycles. The van der Waals surface area contributed by atoms with E-state index in [0.29, 0.717) is 22.3 Å². The fraction of sp³-hybridized carbons (Fsp3) is 0.222. The number of aromatic amines is 1. The van der Waals surface area contributed by atoms with Crippen molar-refractivity contribution in [2.45, 2.75) is 12.1 Å². The Morgan fingerprint density at radius 3 is 2.80 bits per heavy atom. The first-order valence-electron chi connectivity index (χ1n) is 4.28. The first-order valence-corrected chi connectivity index (χ1v) is 5.50. The van der Waals surface area contributed by atoms with Gasteiger partial charge in [0, 0.05) is 12.1 Å². The zero-order valence-electron chi connectivity index (χ0n) is 8.27. The van der Waals surface area contributed by atoms with Crippen LogP contribution in [0.4, 0.5) is 0 Å². The first-order chi connectivity index (χ1) is 7.19. The highest BCUT2D eigenvalue weighted by molar-refractivity contribution is 7.98. The average molecular weight is 223 g/mol. The van der Waals surface area contributed by atoms with Crippen molar-refractivity contribution in [3.8, 4) is 11.4 Å². The Morgan fingerprint density at radius 1 is 1.40 bits per heavy atom. The standard InChI is InChI=1S/C9H9N3O2S/c1-5-3-7(12-14-5)6-4-8(13)11-9(10-6)15-2/h3-4H,1-2H3,(H,10,11,13). The molecule has 6 heteroatoms. The van der Waals surface area contributed by atoms with E-state index in [-0.39, 0.29) is 5.56 Å². The maximum atomic E-state index is 11.3. The number of H-pyrrole nitrogens is 1. The summed E-state index contributed by atoms with van der Waals surface area (Å²) in [6, 6.07) is 3.14. The van der Waals surface area contributed by atoms with Gasteiger partial charge in [0.15, 0.2) is 5.16 Å². The molecule has 2 aromatic heterocycles. The molecule has 0 spiro atoms. The molecule has 15 heavy (non-hydrogen) atoms. The van der Waals surface area contributed by atoms with E-state index >= 15 is 0 Å². The van der Waals surface area contributed by atoms with Crippen LogP contribution >= 0.6 is 11.8 Å². The summed E-state index contributed by atoms with van der Waals surface area (Å²) in [4.78, 5) is 18.1. The Labute approximate surface area is 89.9 Å². The van der Waals surface area contributed by atoms with Crippen LogP contribution in [0.15, 0.2) is 26.6 Å².